The molecule has 1 spiro atoms. The van der Waals surface area contributed by atoms with Gasteiger partial charge in [-0.25, -0.2) is 13.2 Å². The van der Waals surface area contributed by atoms with Gasteiger partial charge in [-0.15, -0.1) is 0 Å². The van der Waals surface area contributed by atoms with Crippen molar-refractivity contribution >= 4 is 28.4 Å². The third kappa shape index (κ3) is 1.96. The summed E-state index contributed by atoms with van der Waals surface area (Å²) >= 11 is 0.504. The van der Waals surface area contributed by atoms with Crippen LogP contribution in [0.3, 0.4) is 0 Å². The van der Waals surface area contributed by atoms with Gasteiger partial charge in [-0.1, -0.05) is 24.8 Å². The average molecular weight is 426 g/mol. The van der Waals surface area contributed by atoms with Gasteiger partial charge in [-0.05, 0) is 49.3 Å². The van der Waals surface area contributed by atoms with Crippen LogP contribution >= 0.6 is 11.8 Å². The molecular formula is C21H21F3O4S. The zero-order valence-corrected chi connectivity index (χ0v) is 16.9. The van der Waals surface area contributed by atoms with Crippen molar-refractivity contribution in [2.75, 3.05) is 6.01 Å². The number of ketones is 2. The lowest BCUT2D eigenvalue weighted by Crippen LogP contribution is -2.66. The zero-order valence-electron chi connectivity index (χ0n) is 16.0. The number of Topliss-reactive ketones (excluding diaryl/α,β-unsaturated/α-hetero) is 1. The number of fused-ring (bicyclic) bond motifs is 4. The van der Waals surface area contributed by atoms with E-state index in [4.69, 9.17) is 4.74 Å². The standard InChI is InChI=1S/C21H21F3O4S/c1-10-5-12-13-7-15(23)14-6-11(25)3-4-18(14,2)20(13,24)16(26)8-19(12)21(10,28-19)17(27)29-9-22/h3-4,6,10,12-13,15H,5,7-9H2,1-2H3/t10-,12+,13+,15+,18+,19-,20+,21+/m1/s1. The Balaban J connectivity index is 1.61. The number of hydrogen-bond acceptors (Lipinski definition) is 5. The van der Waals surface area contributed by atoms with Gasteiger partial charge >= 0.3 is 0 Å². The van der Waals surface area contributed by atoms with E-state index in [2.05, 4.69) is 0 Å². The molecule has 0 aromatic carbocycles. The molecular weight excluding hydrogens is 405 g/mol. The number of halogens is 3. The highest BCUT2D eigenvalue weighted by Crippen LogP contribution is 2.76. The van der Waals surface area contributed by atoms with E-state index in [9.17, 15) is 18.8 Å². The topological polar surface area (TPSA) is 63.7 Å². The van der Waals surface area contributed by atoms with Crippen LogP contribution in [0, 0.1) is 23.2 Å². The minimum absolute atomic E-state index is 0.00568. The van der Waals surface area contributed by atoms with Crippen LogP contribution in [0.2, 0.25) is 0 Å². The average Bonchev–Trinajstić information content (AvgIpc) is 3.27. The fourth-order valence-corrected chi connectivity index (χ4v) is 7.60. The van der Waals surface area contributed by atoms with Crippen LogP contribution in [-0.4, -0.2) is 45.7 Å². The molecule has 0 unspecified atom stereocenters. The summed E-state index contributed by atoms with van der Waals surface area (Å²) in [6.07, 6.45) is 1.93. The molecule has 4 fully saturated rings. The summed E-state index contributed by atoms with van der Waals surface area (Å²) < 4.78 is 50.7. The fourth-order valence-electron chi connectivity index (χ4n) is 6.87. The number of epoxide rings is 1. The van der Waals surface area contributed by atoms with E-state index in [-0.39, 0.29) is 24.3 Å². The minimum Gasteiger partial charge on any atom is -0.352 e. The lowest BCUT2D eigenvalue weighted by molar-refractivity contribution is -0.164. The highest BCUT2D eigenvalue weighted by molar-refractivity contribution is 8.13. The third-order valence-corrected chi connectivity index (χ3v) is 8.85. The summed E-state index contributed by atoms with van der Waals surface area (Å²) in [7, 11) is 0. The maximum Gasteiger partial charge on any atom is 0.226 e. The highest BCUT2D eigenvalue weighted by Gasteiger charge is 2.88. The normalized spacial score (nSPS) is 52.2. The first-order valence-electron chi connectivity index (χ1n) is 9.83. The summed E-state index contributed by atoms with van der Waals surface area (Å²) in [5.74, 6) is -2.97. The molecule has 5 rings (SSSR count). The van der Waals surface area contributed by atoms with Gasteiger partial charge < -0.3 is 4.74 Å². The van der Waals surface area contributed by atoms with Crippen LogP contribution in [0.4, 0.5) is 13.2 Å². The molecule has 0 aromatic rings. The Morgan fingerprint density at radius 1 is 1.31 bits per heavy atom. The quantitative estimate of drug-likeness (QED) is 0.633. The molecule has 1 heterocycles. The summed E-state index contributed by atoms with van der Waals surface area (Å²) in [5, 5.41) is -0.475. The number of thioether (sulfide) groups is 1. The monoisotopic (exact) mass is 426 g/mol. The number of rotatable bonds is 2. The molecule has 3 saturated carbocycles. The Bertz CT molecular complexity index is 918. The van der Waals surface area contributed by atoms with Crippen molar-refractivity contribution in [3.05, 3.63) is 23.8 Å². The van der Waals surface area contributed by atoms with Crippen molar-refractivity contribution in [2.24, 2.45) is 23.2 Å². The maximum absolute atomic E-state index is 16.7. The van der Waals surface area contributed by atoms with Gasteiger partial charge in [0.15, 0.2) is 22.8 Å². The lowest BCUT2D eigenvalue weighted by atomic mass is 9.48. The van der Waals surface area contributed by atoms with E-state index >= 15 is 8.78 Å². The van der Waals surface area contributed by atoms with Crippen LogP contribution in [0.15, 0.2) is 23.8 Å². The van der Waals surface area contributed by atoms with E-state index in [1.54, 1.807) is 6.92 Å². The van der Waals surface area contributed by atoms with Gasteiger partial charge in [-0.2, -0.15) is 0 Å². The summed E-state index contributed by atoms with van der Waals surface area (Å²) in [4.78, 5) is 37.7. The van der Waals surface area contributed by atoms with Crippen molar-refractivity contribution in [2.45, 2.75) is 56.2 Å². The second-order valence-electron chi connectivity index (χ2n) is 9.17. The van der Waals surface area contributed by atoms with Crippen LogP contribution in [0.1, 0.15) is 33.1 Å². The van der Waals surface area contributed by atoms with Crippen LogP contribution in [0.5, 0.6) is 0 Å². The largest absolute Gasteiger partial charge is 0.352 e. The minimum atomic E-state index is -2.38. The molecule has 29 heavy (non-hydrogen) atoms. The molecule has 156 valence electrons. The first-order valence-corrected chi connectivity index (χ1v) is 10.8. The zero-order chi connectivity index (χ0) is 21.0. The summed E-state index contributed by atoms with van der Waals surface area (Å²) in [5.41, 5.74) is -6.40. The van der Waals surface area contributed by atoms with E-state index in [0.717, 1.165) is 6.08 Å². The number of allylic oxidation sites excluding steroid dienone is 4. The first kappa shape index (κ1) is 19.5. The van der Waals surface area contributed by atoms with Crippen LogP contribution < -0.4 is 0 Å². The number of ether oxygens (including phenoxy) is 1. The summed E-state index contributed by atoms with van der Waals surface area (Å²) in [6, 6.07) is -0.903. The van der Waals surface area contributed by atoms with Gasteiger partial charge in [0.05, 0.1) is 5.41 Å². The van der Waals surface area contributed by atoms with Crippen molar-refractivity contribution in [1.82, 2.24) is 0 Å². The van der Waals surface area contributed by atoms with Crippen LogP contribution in [0.25, 0.3) is 0 Å². The molecule has 0 aromatic heterocycles. The second kappa shape index (κ2) is 5.63. The molecule has 0 radical (unpaired) electrons. The summed E-state index contributed by atoms with van der Waals surface area (Å²) in [6.45, 7) is 3.26. The maximum atomic E-state index is 16.7. The highest BCUT2D eigenvalue weighted by atomic mass is 32.2. The van der Waals surface area contributed by atoms with E-state index in [1.807, 2.05) is 0 Å². The number of carbonyl (C=O) groups excluding carboxylic acids is 3. The van der Waals surface area contributed by atoms with E-state index < -0.39 is 63.0 Å². The van der Waals surface area contributed by atoms with Crippen molar-refractivity contribution in [3.8, 4) is 0 Å². The number of carbonyl (C=O) groups is 3. The SMILES string of the molecule is C[C@@H]1C[C@H]2[C@@H]3C[C@H](F)C4=CC(=O)C=C[C@]4(C)[C@@]3(F)C(=O)C[C@@]23O[C@]13C(=O)SCF. The van der Waals surface area contributed by atoms with Gasteiger partial charge in [0.25, 0.3) is 0 Å². The Morgan fingerprint density at radius 2 is 2.03 bits per heavy atom. The fraction of sp³-hybridized carbons (Fsp3) is 0.667. The van der Waals surface area contributed by atoms with E-state index in [1.165, 1.54) is 19.1 Å². The predicted molar refractivity (Wildman–Crippen MR) is 99.2 cm³/mol. The van der Waals surface area contributed by atoms with Crippen molar-refractivity contribution in [3.63, 3.8) is 0 Å². The molecule has 8 atom stereocenters. The first-order chi connectivity index (χ1) is 13.6. The molecule has 0 amide bonds. The Hall–Kier alpha value is -1.41. The molecule has 1 aliphatic heterocycles. The Morgan fingerprint density at radius 3 is 2.72 bits per heavy atom. The predicted octanol–water partition coefficient (Wildman–Crippen LogP) is 3.45. The van der Waals surface area contributed by atoms with Crippen molar-refractivity contribution < 1.29 is 32.3 Å². The Labute approximate surface area is 170 Å². The molecule has 4 aliphatic carbocycles. The van der Waals surface area contributed by atoms with Crippen molar-refractivity contribution in [1.29, 1.82) is 0 Å². The van der Waals surface area contributed by atoms with Gasteiger partial charge in [0.1, 0.15) is 17.8 Å². The number of hydrogen-bond donors (Lipinski definition) is 0. The smallest absolute Gasteiger partial charge is 0.226 e. The third-order valence-electron chi connectivity index (χ3n) is 8.18. The van der Waals surface area contributed by atoms with Gasteiger partial charge in [0.2, 0.25) is 5.12 Å². The molecule has 0 bridgehead atoms. The second-order valence-corrected chi connectivity index (χ2v) is 10.0. The van der Waals surface area contributed by atoms with Gasteiger partial charge in [-0.3, -0.25) is 14.4 Å². The van der Waals surface area contributed by atoms with Gasteiger partial charge in [0, 0.05) is 12.3 Å². The molecule has 8 heteroatoms. The molecule has 5 aliphatic rings. The van der Waals surface area contributed by atoms with E-state index in [0.29, 0.717) is 18.2 Å². The molecule has 1 saturated heterocycles. The Kier molecular flexibility index (Phi) is 3.80. The lowest BCUT2D eigenvalue weighted by Gasteiger charge is -2.56. The van der Waals surface area contributed by atoms with Crippen LogP contribution in [-0.2, 0) is 19.1 Å². The molecule has 4 nitrogen and oxygen atoms in total. The number of alkyl halides is 3. The molecule has 0 N–H and O–H groups in total.